The first-order valence-electron chi connectivity index (χ1n) is 10.4. The van der Waals surface area contributed by atoms with Gasteiger partial charge < -0.3 is 24.8 Å². The van der Waals surface area contributed by atoms with Gasteiger partial charge in [0.05, 0.1) is 0 Å². The molecule has 3 heteroatoms. The molecule has 0 nitrogen and oxygen atoms in total. The predicted molar refractivity (Wildman–Crippen MR) is 125 cm³/mol. The molecule has 0 N–H and O–H groups in total. The van der Waals surface area contributed by atoms with Gasteiger partial charge in [0.2, 0.25) is 0 Å². The van der Waals surface area contributed by atoms with Crippen molar-refractivity contribution in [3.05, 3.63) is 77.4 Å². The molecule has 31 heavy (non-hydrogen) atoms. The Morgan fingerprint density at radius 3 is 1.45 bits per heavy atom. The summed E-state index contributed by atoms with van der Waals surface area (Å²) in [6, 6.07) is 16.2. The van der Waals surface area contributed by atoms with Crippen LogP contribution >= 0.6 is 0 Å². The quantitative estimate of drug-likeness (QED) is 0.268. The molecule has 0 spiro atoms. The van der Waals surface area contributed by atoms with Crippen molar-refractivity contribution in [1.82, 2.24) is 0 Å². The summed E-state index contributed by atoms with van der Waals surface area (Å²) in [6.45, 7) is 17.8. The fourth-order valence-corrected chi connectivity index (χ4v) is 3.70. The Bertz CT molecular complexity index is 988. The van der Waals surface area contributed by atoms with E-state index in [1.54, 1.807) is 0 Å². The molecule has 1 unspecified atom stereocenters. The molecule has 0 fully saturated rings. The van der Waals surface area contributed by atoms with Crippen molar-refractivity contribution in [2.45, 2.75) is 66.2 Å². The molecule has 0 saturated carbocycles. The Kier molecular flexibility index (Phi) is 11.1. The van der Waals surface area contributed by atoms with E-state index in [1.807, 2.05) is 0 Å². The molecule has 0 amide bonds. The number of rotatable bonds is 0. The molecule has 0 aliphatic heterocycles. The van der Waals surface area contributed by atoms with Gasteiger partial charge in [-0.2, -0.15) is 6.08 Å². The Morgan fingerprint density at radius 1 is 0.774 bits per heavy atom. The molecule has 0 heterocycles. The van der Waals surface area contributed by atoms with Crippen LogP contribution in [0, 0.1) is 12.0 Å². The minimum Gasteiger partial charge on any atom is -1.00 e. The van der Waals surface area contributed by atoms with Crippen LogP contribution in [0.3, 0.4) is 0 Å². The van der Waals surface area contributed by atoms with Crippen molar-refractivity contribution in [1.29, 1.82) is 0 Å². The average Bonchev–Trinajstić information content (AvgIpc) is 3.14. The Hall–Kier alpha value is -0.760. The average molecular weight is 620 g/mol. The maximum atomic E-state index is 3.22. The van der Waals surface area contributed by atoms with Crippen LogP contribution in [0.2, 0.25) is 0 Å². The maximum Gasteiger partial charge on any atom is 4.00 e. The van der Waals surface area contributed by atoms with Crippen molar-refractivity contribution in [3.63, 3.8) is 0 Å². The summed E-state index contributed by atoms with van der Waals surface area (Å²) in [5.41, 5.74) is 4.48. The first-order chi connectivity index (χ1) is 12.9. The number of benzene rings is 2. The molecule has 164 valence electrons. The van der Waals surface area contributed by atoms with E-state index in [4.69, 9.17) is 0 Å². The van der Waals surface area contributed by atoms with Gasteiger partial charge in [-0.05, 0) is 10.8 Å². The van der Waals surface area contributed by atoms with E-state index in [1.165, 1.54) is 38.2 Å². The minimum absolute atomic E-state index is 0. The molecule has 1 aliphatic carbocycles. The van der Waals surface area contributed by atoms with Crippen molar-refractivity contribution in [2.24, 2.45) is 5.92 Å². The van der Waals surface area contributed by atoms with Gasteiger partial charge in [0.1, 0.15) is 0 Å². The molecular formula is C28H34Cl2Hf. The van der Waals surface area contributed by atoms with Crippen LogP contribution in [0.4, 0.5) is 0 Å². The Balaban J connectivity index is 0.000000777. The van der Waals surface area contributed by atoms with Crippen LogP contribution in [0.15, 0.2) is 60.2 Å². The van der Waals surface area contributed by atoms with Gasteiger partial charge in [-0.15, -0.1) is 39.7 Å². The molecule has 0 aromatic heterocycles. The van der Waals surface area contributed by atoms with Crippen molar-refractivity contribution < 1.29 is 50.7 Å². The second-order valence-electron chi connectivity index (χ2n) is 10.2. The summed E-state index contributed by atoms with van der Waals surface area (Å²) < 4.78 is 0. The summed E-state index contributed by atoms with van der Waals surface area (Å²) in [7, 11) is 0. The second kappa shape index (κ2) is 11.4. The van der Waals surface area contributed by atoms with E-state index >= 15 is 0 Å². The molecule has 0 radical (unpaired) electrons. The first-order valence-corrected chi connectivity index (χ1v) is 10.4. The summed E-state index contributed by atoms with van der Waals surface area (Å²) in [5.74, 6) is 0.556. The first kappa shape index (κ1) is 30.2. The Labute approximate surface area is 220 Å². The van der Waals surface area contributed by atoms with Crippen LogP contribution in [0.1, 0.15) is 66.5 Å². The van der Waals surface area contributed by atoms with E-state index in [2.05, 4.69) is 116 Å². The van der Waals surface area contributed by atoms with E-state index in [9.17, 15) is 0 Å². The second-order valence-corrected chi connectivity index (χ2v) is 10.2. The van der Waals surface area contributed by atoms with Crippen LogP contribution < -0.4 is 24.8 Å². The number of halogens is 2. The maximum absolute atomic E-state index is 3.22. The van der Waals surface area contributed by atoms with Gasteiger partial charge in [-0.3, -0.25) is 6.08 Å². The van der Waals surface area contributed by atoms with Gasteiger partial charge >= 0.3 is 25.8 Å². The third-order valence-electron chi connectivity index (χ3n) is 5.53. The fraction of sp³-hybridized carbons (Fsp3) is 0.393. The van der Waals surface area contributed by atoms with Gasteiger partial charge in [-0.25, -0.2) is 11.6 Å². The molecule has 3 aromatic carbocycles. The van der Waals surface area contributed by atoms with Crippen molar-refractivity contribution in [3.8, 4) is 0 Å². The monoisotopic (exact) mass is 620 g/mol. The van der Waals surface area contributed by atoms with Crippen molar-refractivity contribution in [2.75, 3.05) is 0 Å². The summed E-state index contributed by atoms with van der Waals surface area (Å²) >= 11 is 0. The van der Waals surface area contributed by atoms with Crippen LogP contribution in [-0.4, -0.2) is 0 Å². The number of hydrogen-bond acceptors (Lipinski definition) is 0. The van der Waals surface area contributed by atoms with Gasteiger partial charge in [0.25, 0.3) is 0 Å². The molecule has 4 rings (SSSR count). The van der Waals surface area contributed by atoms with Crippen LogP contribution in [-0.2, 0) is 36.7 Å². The zero-order valence-electron chi connectivity index (χ0n) is 20.0. The molecule has 1 aliphatic rings. The molecule has 1 atom stereocenters. The van der Waals surface area contributed by atoms with Crippen molar-refractivity contribution >= 4 is 21.5 Å². The molecule has 3 aromatic rings. The summed E-state index contributed by atoms with van der Waals surface area (Å²) in [6.07, 6.45) is 7.47. The van der Waals surface area contributed by atoms with Gasteiger partial charge in [0.15, 0.2) is 0 Å². The predicted octanol–water partition coefficient (Wildman–Crippen LogP) is 2.25. The van der Waals surface area contributed by atoms with E-state index in [0.29, 0.717) is 5.92 Å². The fourth-order valence-electron chi connectivity index (χ4n) is 3.70. The topological polar surface area (TPSA) is 0 Å². The standard InChI is InChI=1S/C21H25.C7H9.2ClH.Hf/c1-20(2,3)16-7-9-18-14(12-16)11-15-13-17(21(4,5)6)8-10-19(15)18;1-6-3-4-7(2)5-6;;;/h7-13H,1-6H3;3-4,6H,1-2H3;2*1H;/q2*-1;;;+4/p-2. The molecule has 0 saturated heterocycles. The Morgan fingerprint density at radius 2 is 1.19 bits per heavy atom. The number of fused-ring (bicyclic) bond motifs is 3. The minimum atomic E-state index is 0. The van der Waals surface area contributed by atoms with Gasteiger partial charge in [-0.1, -0.05) is 96.7 Å². The zero-order chi connectivity index (χ0) is 20.7. The van der Waals surface area contributed by atoms with E-state index in [0.717, 1.165) is 0 Å². The van der Waals surface area contributed by atoms with E-state index < -0.39 is 0 Å². The third-order valence-corrected chi connectivity index (χ3v) is 5.53. The van der Waals surface area contributed by atoms with Crippen LogP contribution in [0.5, 0.6) is 0 Å². The molecular weight excluding hydrogens is 586 g/mol. The van der Waals surface area contributed by atoms with Crippen LogP contribution in [0.25, 0.3) is 21.5 Å². The zero-order valence-corrected chi connectivity index (χ0v) is 25.1. The summed E-state index contributed by atoms with van der Waals surface area (Å²) in [5, 5.41) is 5.48. The SMILES string of the molecule is CC(C)(C)c1ccc2c(c1)[cH-]c1cc(C(C)(C)C)ccc12.CC1=[C-]C(C)C=C1.[Cl-].[Cl-].[Hf+4]. The summed E-state index contributed by atoms with van der Waals surface area (Å²) in [4.78, 5) is 0. The molecule has 0 bridgehead atoms. The third kappa shape index (κ3) is 7.37. The van der Waals surface area contributed by atoms with E-state index in [-0.39, 0.29) is 61.5 Å². The normalized spacial score (nSPS) is 15.4. The number of allylic oxidation sites excluding steroid dienone is 4. The largest absolute Gasteiger partial charge is 4.00 e. The number of hydrogen-bond donors (Lipinski definition) is 0. The van der Waals surface area contributed by atoms with Gasteiger partial charge in [0, 0.05) is 0 Å². The smallest absolute Gasteiger partial charge is 1.00 e.